The van der Waals surface area contributed by atoms with Crippen LogP contribution in [0.3, 0.4) is 0 Å². The van der Waals surface area contributed by atoms with Crippen LogP contribution in [0, 0.1) is 0 Å². The van der Waals surface area contributed by atoms with E-state index < -0.39 is 0 Å². The maximum absolute atomic E-state index is 12.2. The fraction of sp³-hybridized carbons (Fsp3) is 0.286. The highest BCUT2D eigenvalue weighted by molar-refractivity contribution is 7.19. The van der Waals surface area contributed by atoms with Crippen molar-refractivity contribution in [1.82, 2.24) is 15.3 Å². The van der Waals surface area contributed by atoms with Crippen molar-refractivity contribution in [2.45, 2.75) is 38.3 Å². The minimum absolute atomic E-state index is 0.162. The van der Waals surface area contributed by atoms with Gasteiger partial charge in [0, 0.05) is 24.4 Å². The van der Waals surface area contributed by atoms with Gasteiger partial charge in [-0.2, -0.15) is 0 Å². The second-order valence-corrected chi connectivity index (χ2v) is 7.63. The lowest BCUT2D eigenvalue weighted by atomic mass is 10.2. The fourth-order valence-electron chi connectivity index (χ4n) is 3.18. The summed E-state index contributed by atoms with van der Waals surface area (Å²) in [5, 5.41) is 3.72. The third-order valence-electron chi connectivity index (χ3n) is 4.57. The highest BCUT2D eigenvalue weighted by Gasteiger charge is 2.18. The highest BCUT2D eigenvalue weighted by atomic mass is 32.1. The van der Waals surface area contributed by atoms with E-state index in [1.54, 1.807) is 23.6 Å². The number of ether oxygens (including phenoxy) is 1. The lowest BCUT2D eigenvalue weighted by molar-refractivity contribution is -0.116. The topological polar surface area (TPSA) is 64.1 Å². The van der Waals surface area contributed by atoms with Crippen molar-refractivity contribution in [3.05, 3.63) is 59.2 Å². The molecular weight excluding hydrogens is 358 g/mol. The molecule has 0 unspecified atom stereocenters. The van der Waals surface area contributed by atoms with E-state index in [1.165, 1.54) is 18.9 Å². The van der Waals surface area contributed by atoms with Crippen LogP contribution in [0.15, 0.2) is 48.7 Å². The number of nitrogens with zero attached hydrogens (tertiary/aromatic N) is 2. The molecule has 1 saturated carbocycles. The molecule has 0 radical (unpaired) electrons. The van der Waals surface area contributed by atoms with Gasteiger partial charge in [0.15, 0.2) is 0 Å². The highest BCUT2D eigenvalue weighted by Crippen LogP contribution is 2.25. The summed E-state index contributed by atoms with van der Waals surface area (Å²) < 4.78 is 7.13. The van der Waals surface area contributed by atoms with E-state index >= 15 is 0 Å². The van der Waals surface area contributed by atoms with E-state index in [2.05, 4.69) is 15.3 Å². The number of hydrogen-bond donors (Lipinski definition) is 1. The maximum atomic E-state index is 12.2. The largest absolute Gasteiger partial charge is 0.474 e. The van der Waals surface area contributed by atoms with E-state index in [0.717, 1.165) is 33.6 Å². The van der Waals surface area contributed by atoms with Crippen molar-refractivity contribution in [1.29, 1.82) is 0 Å². The molecule has 5 nitrogen and oxygen atoms in total. The molecule has 1 aliphatic carbocycles. The SMILES string of the molecule is O=C(/C=C/c1nc2ccccc2s1)NCc1cccnc1OC1CCCC1. The number of nitrogens with one attached hydrogen (secondary N) is 1. The molecule has 4 rings (SSSR count). The number of amides is 1. The molecule has 0 bridgehead atoms. The van der Waals surface area contributed by atoms with Crippen molar-refractivity contribution in [2.75, 3.05) is 0 Å². The van der Waals surface area contributed by atoms with Crippen LogP contribution in [-0.2, 0) is 11.3 Å². The number of fused-ring (bicyclic) bond motifs is 1. The first-order chi connectivity index (χ1) is 13.3. The van der Waals surface area contributed by atoms with Gasteiger partial charge in [-0.1, -0.05) is 18.2 Å². The van der Waals surface area contributed by atoms with Gasteiger partial charge in [0.1, 0.15) is 11.1 Å². The summed E-state index contributed by atoms with van der Waals surface area (Å²) in [5.41, 5.74) is 1.85. The lowest BCUT2D eigenvalue weighted by Gasteiger charge is -2.15. The first-order valence-electron chi connectivity index (χ1n) is 9.20. The number of aromatic nitrogens is 2. The number of carbonyl (C=O) groups is 1. The number of carbonyl (C=O) groups excluding carboxylic acids is 1. The number of pyridine rings is 1. The van der Waals surface area contributed by atoms with Crippen LogP contribution in [0.5, 0.6) is 5.88 Å². The molecule has 0 aliphatic heterocycles. The minimum Gasteiger partial charge on any atom is -0.474 e. The molecule has 1 N–H and O–H groups in total. The second-order valence-electron chi connectivity index (χ2n) is 6.56. The van der Waals surface area contributed by atoms with E-state index in [-0.39, 0.29) is 12.0 Å². The predicted molar refractivity (Wildman–Crippen MR) is 108 cm³/mol. The van der Waals surface area contributed by atoms with Crippen LogP contribution in [-0.4, -0.2) is 22.0 Å². The van der Waals surface area contributed by atoms with Crippen LogP contribution in [0.2, 0.25) is 0 Å². The van der Waals surface area contributed by atoms with Crippen molar-refractivity contribution in [3.63, 3.8) is 0 Å². The number of hydrogen-bond acceptors (Lipinski definition) is 5. The van der Waals surface area contributed by atoms with Gasteiger partial charge in [0.05, 0.1) is 10.2 Å². The Kier molecular flexibility index (Phi) is 5.44. The normalized spacial score (nSPS) is 14.8. The van der Waals surface area contributed by atoms with Gasteiger partial charge in [0.25, 0.3) is 0 Å². The zero-order valence-electron chi connectivity index (χ0n) is 14.9. The first-order valence-corrected chi connectivity index (χ1v) is 10.0. The number of thiazole rings is 1. The van der Waals surface area contributed by atoms with Gasteiger partial charge in [-0.05, 0) is 50.0 Å². The van der Waals surface area contributed by atoms with E-state index in [0.29, 0.717) is 12.4 Å². The Balaban J connectivity index is 1.36. The summed E-state index contributed by atoms with van der Waals surface area (Å²) in [4.78, 5) is 21.0. The third-order valence-corrected chi connectivity index (χ3v) is 5.57. The number of benzene rings is 1. The van der Waals surface area contributed by atoms with Crippen molar-refractivity contribution in [3.8, 4) is 5.88 Å². The molecule has 0 saturated heterocycles. The Morgan fingerprint density at radius 2 is 2.07 bits per heavy atom. The average Bonchev–Trinajstić information content (AvgIpc) is 3.34. The van der Waals surface area contributed by atoms with Gasteiger partial charge in [-0.25, -0.2) is 9.97 Å². The van der Waals surface area contributed by atoms with E-state index in [1.807, 2.05) is 36.4 Å². The molecule has 2 aromatic heterocycles. The van der Waals surface area contributed by atoms with Gasteiger partial charge >= 0.3 is 0 Å². The monoisotopic (exact) mass is 379 g/mol. The predicted octanol–water partition coefficient (Wildman–Crippen LogP) is 4.34. The number of para-hydroxylation sites is 1. The average molecular weight is 379 g/mol. The van der Waals surface area contributed by atoms with Gasteiger partial charge in [0.2, 0.25) is 11.8 Å². The van der Waals surface area contributed by atoms with Crippen molar-refractivity contribution < 1.29 is 9.53 Å². The molecule has 2 heterocycles. The Labute approximate surface area is 162 Å². The van der Waals surface area contributed by atoms with Gasteiger partial charge in [-0.15, -0.1) is 11.3 Å². The third kappa shape index (κ3) is 4.52. The lowest BCUT2D eigenvalue weighted by Crippen LogP contribution is -2.22. The molecule has 1 aromatic carbocycles. The molecule has 0 atom stereocenters. The second kappa shape index (κ2) is 8.31. The molecule has 3 aromatic rings. The molecule has 0 spiro atoms. The molecule has 138 valence electrons. The van der Waals surface area contributed by atoms with Crippen molar-refractivity contribution in [2.24, 2.45) is 0 Å². The minimum atomic E-state index is -0.162. The molecule has 1 aliphatic rings. The van der Waals surface area contributed by atoms with Crippen LogP contribution in [0.4, 0.5) is 0 Å². The summed E-state index contributed by atoms with van der Waals surface area (Å²) in [6.07, 6.45) is 9.81. The van der Waals surface area contributed by atoms with Crippen LogP contribution >= 0.6 is 11.3 Å². The quantitative estimate of drug-likeness (QED) is 0.647. The van der Waals surface area contributed by atoms with Crippen molar-refractivity contribution >= 4 is 33.5 Å². The Morgan fingerprint density at radius 1 is 1.22 bits per heavy atom. The number of rotatable bonds is 6. The summed E-state index contributed by atoms with van der Waals surface area (Å²) in [7, 11) is 0. The van der Waals surface area contributed by atoms with E-state index in [9.17, 15) is 4.79 Å². The molecule has 27 heavy (non-hydrogen) atoms. The summed E-state index contributed by atoms with van der Waals surface area (Å²) in [5.74, 6) is 0.463. The van der Waals surface area contributed by atoms with Crippen LogP contribution in [0.25, 0.3) is 16.3 Å². The fourth-order valence-corrected chi connectivity index (χ4v) is 4.05. The summed E-state index contributed by atoms with van der Waals surface area (Å²) >= 11 is 1.57. The van der Waals surface area contributed by atoms with Crippen LogP contribution in [0.1, 0.15) is 36.3 Å². The Hall–Kier alpha value is -2.73. The summed E-state index contributed by atoms with van der Waals surface area (Å²) in [6.45, 7) is 0.388. The smallest absolute Gasteiger partial charge is 0.244 e. The molecular formula is C21H21N3O2S. The first kappa shape index (κ1) is 17.7. The molecule has 1 amide bonds. The standard InChI is InChI=1S/C21H21N3O2S/c25-19(11-12-20-24-17-9-3-4-10-18(17)27-20)23-14-15-6-5-13-22-21(15)26-16-7-1-2-8-16/h3-6,9-13,16H,1-2,7-8,14H2,(H,23,25)/b12-11+. The zero-order valence-corrected chi connectivity index (χ0v) is 15.7. The van der Waals surface area contributed by atoms with Crippen LogP contribution < -0.4 is 10.1 Å². The van der Waals surface area contributed by atoms with E-state index in [4.69, 9.17) is 4.74 Å². The van der Waals surface area contributed by atoms with Gasteiger partial charge in [-0.3, -0.25) is 4.79 Å². The van der Waals surface area contributed by atoms with Gasteiger partial charge < -0.3 is 10.1 Å². The maximum Gasteiger partial charge on any atom is 0.244 e. The molecule has 6 heteroatoms. The Morgan fingerprint density at radius 3 is 2.93 bits per heavy atom. The summed E-state index contributed by atoms with van der Waals surface area (Å²) in [6, 6.07) is 11.7. The Bertz CT molecular complexity index is 928. The zero-order chi connectivity index (χ0) is 18.5. The molecule has 1 fully saturated rings.